The van der Waals surface area contributed by atoms with Crippen LogP contribution in [0.15, 0.2) is 0 Å². The Morgan fingerprint density at radius 2 is 1.44 bits per heavy atom. The fourth-order valence-corrected chi connectivity index (χ4v) is 2.92. The Morgan fingerprint density at radius 1 is 0.875 bits per heavy atom. The lowest BCUT2D eigenvalue weighted by atomic mass is 9.86. The second-order valence-corrected chi connectivity index (χ2v) is 6.39. The normalized spacial score (nSPS) is 23.6. The molecule has 0 saturated carbocycles. The van der Waals surface area contributed by atoms with E-state index in [4.69, 9.17) is 0 Å². The smallest absolute Gasteiger partial charge is 0.00694 e. The molecule has 1 fully saturated rings. The number of likely N-dealkylation sites (tertiary alicyclic amines) is 1. The minimum Gasteiger partial charge on any atom is -0.301 e. The molecule has 16 heavy (non-hydrogen) atoms. The SMILES string of the molecule is CC(CC(C)C(C)C)CC(C)N1CCCC1. The third-order valence-corrected chi connectivity index (χ3v) is 4.42. The second-order valence-electron chi connectivity index (χ2n) is 6.39. The van der Waals surface area contributed by atoms with Crippen LogP contribution in [0.25, 0.3) is 0 Å². The van der Waals surface area contributed by atoms with Crippen molar-refractivity contribution in [3.05, 3.63) is 0 Å². The van der Waals surface area contributed by atoms with Crippen molar-refractivity contribution in [2.75, 3.05) is 13.1 Å². The van der Waals surface area contributed by atoms with Crippen molar-refractivity contribution >= 4 is 0 Å². The molecule has 3 unspecified atom stereocenters. The summed E-state index contributed by atoms with van der Waals surface area (Å²) in [7, 11) is 0. The Kier molecular flexibility index (Phi) is 5.82. The molecule has 1 saturated heterocycles. The lowest BCUT2D eigenvalue weighted by molar-refractivity contribution is 0.207. The Morgan fingerprint density at radius 3 is 1.94 bits per heavy atom. The van der Waals surface area contributed by atoms with Gasteiger partial charge in [-0.1, -0.05) is 27.7 Å². The molecular weight excluding hydrogens is 194 g/mol. The van der Waals surface area contributed by atoms with E-state index in [1.165, 1.54) is 38.8 Å². The van der Waals surface area contributed by atoms with Gasteiger partial charge in [0.05, 0.1) is 0 Å². The Labute approximate surface area is 103 Å². The first-order valence-electron chi connectivity index (χ1n) is 7.24. The Hall–Kier alpha value is -0.0400. The minimum atomic E-state index is 0.803. The van der Waals surface area contributed by atoms with Crippen LogP contribution in [0.5, 0.6) is 0 Å². The zero-order valence-electron chi connectivity index (χ0n) is 12.0. The van der Waals surface area contributed by atoms with Gasteiger partial charge in [-0.2, -0.15) is 0 Å². The molecule has 1 heteroatoms. The van der Waals surface area contributed by atoms with Gasteiger partial charge in [-0.15, -0.1) is 0 Å². The van der Waals surface area contributed by atoms with Gasteiger partial charge in [0.25, 0.3) is 0 Å². The summed E-state index contributed by atoms with van der Waals surface area (Å²) in [5.41, 5.74) is 0. The lowest BCUT2D eigenvalue weighted by Crippen LogP contribution is -2.31. The van der Waals surface area contributed by atoms with Crippen LogP contribution in [-0.2, 0) is 0 Å². The van der Waals surface area contributed by atoms with Crippen LogP contribution < -0.4 is 0 Å². The van der Waals surface area contributed by atoms with Crippen LogP contribution in [-0.4, -0.2) is 24.0 Å². The van der Waals surface area contributed by atoms with Gasteiger partial charge in [-0.05, 0) is 63.5 Å². The van der Waals surface area contributed by atoms with E-state index < -0.39 is 0 Å². The van der Waals surface area contributed by atoms with E-state index in [-0.39, 0.29) is 0 Å². The van der Waals surface area contributed by atoms with Crippen molar-refractivity contribution in [1.82, 2.24) is 4.90 Å². The van der Waals surface area contributed by atoms with E-state index in [0.29, 0.717) is 0 Å². The van der Waals surface area contributed by atoms with Crippen LogP contribution in [0.1, 0.15) is 60.3 Å². The van der Waals surface area contributed by atoms with E-state index in [1.807, 2.05) is 0 Å². The lowest BCUT2D eigenvalue weighted by Gasteiger charge is -2.28. The first-order chi connectivity index (χ1) is 7.50. The summed E-state index contributed by atoms with van der Waals surface area (Å²) in [4.78, 5) is 2.68. The summed E-state index contributed by atoms with van der Waals surface area (Å²) >= 11 is 0. The molecule has 1 rings (SSSR count). The highest BCUT2D eigenvalue weighted by Crippen LogP contribution is 2.25. The first-order valence-corrected chi connectivity index (χ1v) is 7.24. The van der Waals surface area contributed by atoms with E-state index in [1.54, 1.807) is 0 Å². The summed E-state index contributed by atoms with van der Waals surface area (Å²) < 4.78 is 0. The van der Waals surface area contributed by atoms with Crippen LogP contribution in [0.3, 0.4) is 0 Å². The molecule has 0 radical (unpaired) electrons. The zero-order valence-corrected chi connectivity index (χ0v) is 12.0. The molecule has 0 N–H and O–H groups in total. The highest BCUT2D eigenvalue weighted by Gasteiger charge is 2.21. The maximum absolute atomic E-state index is 2.68. The minimum absolute atomic E-state index is 0.803. The molecule has 1 aliphatic rings. The zero-order chi connectivity index (χ0) is 12.1. The molecule has 0 aliphatic carbocycles. The molecule has 3 atom stereocenters. The van der Waals surface area contributed by atoms with Crippen molar-refractivity contribution in [3.63, 3.8) is 0 Å². The maximum Gasteiger partial charge on any atom is 0.00694 e. The molecule has 0 amide bonds. The van der Waals surface area contributed by atoms with E-state index in [2.05, 4.69) is 39.5 Å². The highest BCUT2D eigenvalue weighted by atomic mass is 15.2. The van der Waals surface area contributed by atoms with Crippen molar-refractivity contribution in [2.24, 2.45) is 17.8 Å². The van der Waals surface area contributed by atoms with Crippen LogP contribution >= 0.6 is 0 Å². The van der Waals surface area contributed by atoms with Crippen LogP contribution in [0, 0.1) is 17.8 Å². The molecule has 1 nitrogen and oxygen atoms in total. The number of hydrogen-bond donors (Lipinski definition) is 0. The molecular formula is C15H31N. The van der Waals surface area contributed by atoms with Gasteiger partial charge in [-0.3, -0.25) is 0 Å². The molecule has 96 valence electrons. The van der Waals surface area contributed by atoms with Crippen LogP contribution in [0.2, 0.25) is 0 Å². The molecule has 0 aromatic rings. The predicted octanol–water partition coefficient (Wildman–Crippen LogP) is 4.18. The molecule has 1 aliphatic heterocycles. The van der Waals surface area contributed by atoms with Gasteiger partial charge in [-0.25, -0.2) is 0 Å². The van der Waals surface area contributed by atoms with Crippen molar-refractivity contribution in [2.45, 2.75) is 66.3 Å². The number of rotatable bonds is 6. The maximum atomic E-state index is 2.68. The Balaban J connectivity index is 2.24. The third kappa shape index (κ3) is 4.45. The van der Waals surface area contributed by atoms with Gasteiger partial charge in [0.15, 0.2) is 0 Å². The summed E-state index contributed by atoms with van der Waals surface area (Å²) in [5.74, 6) is 2.60. The molecule has 0 aromatic heterocycles. The first kappa shape index (κ1) is 14.0. The van der Waals surface area contributed by atoms with Gasteiger partial charge < -0.3 is 4.90 Å². The van der Waals surface area contributed by atoms with Crippen LogP contribution in [0.4, 0.5) is 0 Å². The largest absolute Gasteiger partial charge is 0.301 e. The highest BCUT2D eigenvalue weighted by molar-refractivity contribution is 4.75. The summed E-state index contributed by atoms with van der Waals surface area (Å²) in [5, 5.41) is 0. The Bertz CT molecular complexity index is 182. The quantitative estimate of drug-likeness (QED) is 0.655. The standard InChI is InChI=1S/C15H31N/c1-12(2)14(4)10-13(3)11-15(5)16-8-6-7-9-16/h12-15H,6-11H2,1-5H3. The van der Waals surface area contributed by atoms with Crippen molar-refractivity contribution < 1.29 is 0 Å². The number of nitrogens with zero attached hydrogens (tertiary/aromatic N) is 1. The topological polar surface area (TPSA) is 3.24 Å². The van der Waals surface area contributed by atoms with Crippen molar-refractivity contribution in [3.8, 4) is 0 Å². The molecule has 1 heterocycles. The summed E-state index contributed by atoms with van der Waals surface area (Å²) in [6.07, 6.45) is 5.62. The molecule has 0 spiro atoms. The fraction of sp³-hybridized carbons (Fsp3) is 1.00. The van der Waals surface area contributed by atoms with Gasteiger partial charge in [0.2, 0.25) is 0 Å². The average Bonchev–Trinajstić information content (AvgIpc) is 2.69. The molecule has 0 bridgehead atoms. The monoisotopic (exact) mass is 225 g/mol. The summed E-state index contributed by atoms with van der Waals surface area (Å²) in [6, 6.07) is 0.803. The van der Waals surface area contributed by atoms with Crippen molar-refractivity contribution in [1.29, 1.82) is 0 Å². The summed E-state index contributed by atoms with van der Waals surface area (Å²) in [6.45, 7) is 14.6. The van der Waals surface area contributed by atoms with Gasteiger partial charge in [0, 0.05) is 6.04 Å². The predicted molar refractivity (Wildman–Crippen MR) is 72.7 cm³/mol. The van der Waals surface area contributed by atoms with Gasteiger partial charge in [0.1, 0.15) is 0 Å². The van der Waals surface area contributed by atoms with E-state index in [9.17, 15) is 0 Å². The average molecular weight is 225 g/mol. The third-order valence-electron chi connectivity index (χ3n) is 4.42. The second kappa shape index (κ2) is 6.64. The fourth-order valence-electron chi connectivity index (χ4n) is 2.92. The number of hydrogen-bond acceptors (Lipinski definition) is 1. The van der Waals surface area contributed by atoms with E-state index in [0.717, 1.165) is 23.8 Å². The van der Waals surface area contributed by atoms with Gasteiger partial charge >= 0.3 is 0 Å². The molecule has 0 aromatic carbocycles. The van der Waals surface area contributed by atoms with E-state index >= 15 is 0 Å².